The maximum atomic E-state index is 12.9. The van der Waals surface area contributed by atoms with Gasteiger partial charge in [-0.15, -0.1) is 0 Å². The molecule has 162 valence electrons. The number of methoxy groups -OCH3 is 1. The van der Waals surface area contributed by atoms with Gasteiger partial charge in [-0.25, -0.2) is 0 Å². The second kappa shape index (κ2) is 8.58. The minimum absolute atomic E-state index is 0.0521. The van der Waals surface area contributed by atoms with Crippen LogP contribution in [0.25, 0.3) is 0 Å². The normalized spacial score (nSPS) is 20.9. The van der Waals surface area contributed by atoms with Gasteiger partial charge in [-0.05, 0) is 58.3 Å². The van der Waals surface area contributed by atoms with E-state index < -0.39 is 5.41 Å². The molecule has 1 heterocycles. The van der Waals surface area contributed by atoms with Gasteiger partial charge in [-0.1, -0.05) is 26.0 Å². The lowest BCUT2D eigenvalue weighted by atomic mass is 9.67. The summed E-state index contributed by atoms with van der Waals surface area (Å²) in [5, 5.41) is 0. The molecule has 5 heteroatoms. The zero-order valence-corrected chi connectivity index (χ0v) is 19.5. The van der Waals surface area contributed by atoms with E-state index in [-0.39, 0.29) is 28.9 Å². The molecule has 1 aliphatic carbocycles. The summed E-state index contributed by atoms with van der Waals surface area (Å²) in [6, 6.07) is 0. The Morgan fingerprint density at radius 1 is 1.20 bits per heavy atom. The largest absolute Gasteiger partial charge is 0.468 e. The highest BCUT2D eigenvalue weighted by atomic mass is 16.6. The van der Waals surface area contributed by atoms with Crippen molar-refractivity contribution in [2.75, 3.05) is 7.11 Å². The van der Waals surface area contributed by atoms with E-state index in [0.717, 1.165) is 11.1 Å². The summed E-state index contributed by atoms with van der Waals surface area (Å²) < 4.78 is 11.4. The average Bonchev–Trinajstić information content (AvgIpc) is 2.69. The predicted octanol–water partition coefficient (Wildman–Crippen LogP) is 4.93. The molecular formula is C25H32O5. The summed E-state index contributed by atoms with van der Waals surface area (Å²) in [5.74, 6) is 0.408. The zero-order valence-electron chi connectivity index (χ0n) is 19.5. The molecule has 30 heavy (non-hydrogen) atoms. The third-order valence-corrected chi connectivity index (χ3v) is 6.03. The summed E-state index contributed by atoms with van der Waals surface area (Å²) in [4.78, 5) is 37.9. The Kier molecular flexibility index (Phi) is 6.75. The van der Waals surface area contributed by atoms with E-state index in [4.69, 9.17) is 9.15 Å². The number of carbonyl (C=O) groups is 2. The second-order valence-corrected chi connectivity index (χ2v) is 8.32. The molecule has 0 radical (unpaired) electrons. The van der Waals surface area contributed by atoms with Crippen molar-refractivity contribution in [2.45, 2.75) is 67.2 Å². The summed E-state index contributed by atoms with van der Waals surface area (Å²) >= 11 is 0. The molecule has 0 saturated carbocycles. The van der Waals surface area contributed by atoms with E-state index in [1.54, 1.807) is 27.7 Å². The van der Waals surface area contributed by atoms with Crippen molar-refractivity contribution >= 4 is 11.6 Å². The van der Waals surface area contributed by atoms with Crippen LogP contribution in [0, 0.1) is 19.8 Å². The van der Waals surface area contributed by atoms with Crippen LogP contribution >= 0.6 is 0 Å². The highest BCUT2D eigenvalue weighted by Crippen LogP contribution is 2.45. The van der Waals surface area contributed by atoms with Crippen LogP contribution in [0.1, 0.15) is 64.9 Å². The SMILES string of the molecule is CCC(=O)[C@H](C)/C=C(\C)C1=C(C)C(=O)C(C)=C[C@]1(C)c1oc(OC)c(C)c(=O)c1C. The molecule has 1 aliphatic rings. The lowest BCUT2D eigenvalue weighted by molar-refractivity contribution is -0.120. The Labute approximate surface area is 178 Å². The smallest absolute Gasteiger partial charge is 0.291 e. The van der Waals surface area contributed by atoms with Gasteiger partial charge in [0.1, 0.15) is 11.5 Å². The Morgan fingerprint density at radius 3 is 2.33 bits per heavy atom. The van der Waals surface area contributed by atoms with Crippen LogP contribution in [-0.2, 0) is 15.0 Å². The van der Waals surface area contributed by atoms with Gasteiger partial charge >= 0.3 is 0 Å². The van der Waals surface area contributed by atoms with Crippen LogP contribution in [0.3, 0.4) is 0 Å². The topological polar surface area (TPSA) is 73.6 Å². The van der Waals surface area contributed by atoms with Crippen LogP contribution in [-0.4, -0.2) is 18.7 Å². The quantitative estimate of drug-likeness (QED) is 0.662. The number of hydrogen-bond acceptors (Lipinski definition) is 5. The summed E-state index contributed by atoms with van der Waals surface area (Å²) in [5.41, 5.74) is 2.63. The Morgan fingerprint density at radius 2 is 1.80 bits per heavy atom. The summed E-state index contributed by atoms with van der Waals surface area (Å²) in [6.07, 6.45) is 4.19. The number of carbonyl (C=O) groups excluding carboxylic acids is 2. The molecule has 1 aromatic rings. The third-order valence-electron chi connectivity index (χ3n) is 6.03. The van der Waals surface area contributed by atoms with Crippen LogP contribution in [0.5, 0.6) is 5.95 Å². The first kappa shape index (κ1) is 23.6. The van der Waals surface area contributed by atoms with Crippen molar-refractivity contribution in [1.29, 1.82) is 0 Å². The van der Waals surface area contributed by atoms with Gasteiger partial charge < -0.3 is 9.15 Å². The van der Waals surface area contributed by atoms with Crippen LogP contribution in [0.15, 0.2) is 43.7 Å². The Balaban J connectivity index is 2.86. The van der Waals surface area contributed by atoms with Gasteiger partial charge in [0.05, 0.1) is 18.1 Å². The highest BCUT2D eigenvalue weighted by Gasteiger charge is 2.41. The van der Waals surface area contributed by atoms with Crippen LogP contribution < -0.4 is 10.2 Å². The summed E-state index contributed by atoms with van der Waals surface area (Å²) in [6.45, 7) is 14.5. The fourth-order valence-electron chi connectivity index (χ4n) is 4.54. The lowest BCUT2D eigenvalue weighted by Crippen LogP contribution is -2.33. The molecule has 0 bridgehead atoms. The van der Waals surface area contributed by atoms with Crippen molar-refractivity contribution in [1.82, 2.24) is 0 Å². The van der Waals surface area contributed by atoms with E-state index >= 15 is 0 Å². The lowest BCUT2D eigenvalue weighted by Gasteiger charge is -2.35. The predicted molar refractivity (Wildman–Crippen MR) is 118 cm³/mol. The zero-order chi connectivity index (χ0) is 23.0. The number of ether oxygens (including phenoxy) is 1. The van der Waals surface area contributed by atoms with Crippen molar-refractivity contribution in [3.8, 4) is 5.95 Å². The van der Waals surface area contributed by atoms with E-state index in [1.165, 1.54) is 7.11 Å². The van der Waals surface area contributed by atoms with Crippen LogP contribution in [0.2, 0.25) is 0 Å². The fourth-order valence-corrected chi connectivity index (χ4v) is 4.54. The first-order valence-electron chi connectivity index (χ1n) is 10.3. The molecule has 1 aromatic heterocycles. The fraction of sp³-hybridized carbons (Fsp3) is 0.480. The molecule has 0 aliphatic heterocycles. The van der Waals surface area contributed by atoms with Crippen molar-refractivity contribution in [3.05, 3.63) is 61.6 Å². The van der Waals surface area contributed by atoms with Gasteiger partial charge in [0.2, 0.25) is 0 Å². The summed E-state index contributed by atoms with van der Waals surface area (Å²) in [7, 11) is 1.46. The molecule has 0 saturated heterocycles. The van der Waals surface area contributed by atoms with E-state index in [2.05, 4.69) is 0 Å². The monoisotopic (exact) mass is 412 g/mol. The Bertz CT molecular complexity index is 1050. The average molecular weight is 413 g/mol. The first-order chi connectivity index (χ1) is 13.9. The number of allylic oxidation sites excluding steroid dienone is 6. The van der Waals surface area contributed by atoms with E-state index in [9.17, 15) is 14.4 Å². The molecule has 0 spiro atoms. The maximum Gasteiger partial charge on any atom is 0.291 e. The molecule has 0 fully saturated rings. The van der Waals surface area contributed by atoms with Crippen molar-refractivity contribution in [2.24, 2.45) is 5.92 Å². The highest BCUT2D eigenvalue weighted by molar-refractivity contribution is 6.10. The number of hydrogen-bond donors (Lipinski definition) is 0. The number of rotatable bonds is 6. The van der Waals surface area contributed by atoms with Crippen LogP contribution in [0.4, 0.5) is 0 Å². The van der Waals surface area contributed by atoms with Gasteiger partial charge in [-0.3, -0.25) is 14.4 Å². The van der Waals surface area contributed by atoms with Gasteiger partial charge in [-0.2, -0.15) is 0 Å². The third kappa shape index (κ3) is 3.85. The van der Waals surface area contributed by atoms with Gasteiger partial charge in [0.15, 0.2) is 11.2 Å². The molecular weight excluding hydrogens is 380 g/mol. The number of ketones is 2. The number of Topliss-reactive ketones (excluding diaryl/α,β-unsaturated/α-hetero) is 2. The minimum Gasteiger partial charge on any atom is -0.468 e. The molecule has 0 aromatic carbocycles. The maximum absolute atomic E-state index is 12.9. The first-order valence-corrected chi connectivity index (χ1v) is 10.3. The molecule has 0 amide bonds. The van der Waals surface area contributed by atoms with Gasteiger partial charge in [0, 0.05) is 23.5 Å². The molecule has 0 unspecified atom stereocenters. The van der Waals surface area contributed by atoms with E-state index in [0.29, 0.717) is 34.5 Å². The van der Waals surface area contributed by atoms with Crippen molar-refractivity contribution < 1.29 is 18.7 Å². The molecule has 2 atom stereocenters. The van der Waals surface area contributed by atoms with E-state index in [1.807, 2.05) is 39.8 Å². The second-order valence-electron chi connectivity index (χ2n) is 8.32. The molecule has 5 nitrogen and oxygen atoms in total. The standard InChI is InChI=1S/C25H32O5/c1-10-19(26)13(2)11-14(3)20-16(5)21(27)15(4)12-25(20,8)23-17(6)22(28)18(7)24(29-9)30-23/h11-13H,10H2,1-9H3/b14-11+/t13-,25+/m1/s1. The van der Waals surface area contributed by atoms with Crippen molar-refractivity contribution in [3.63, 3.8) is 0 Å². The van der Waals surface area contributed by atoms with Gasteiger partial charge in [0.25, 0.3) is 5.95 Å². The molecule has 0 N–H and O–H groups in total. The minimum atomic E-state index is -0.859. The molecule has 2 rings (SSSR count). The Hall–Kier alpha value is -2.69.